The zero-order valence-electron chi connectivity index (χ0n) is 16.3. The van der Waals surface area contributed by atoms with E-state index in [1.54, 1.807) is 6.92 Å². The van der Waals surface area contributed by atoms with Crippen molar-refractivity contribution in [2.75, 3.05) is 44.6 Å². The second-order valence-electron chi connectivity index (χ2n) is 7.23. The van der Waals surface area contributed by atoms with Gasteiger partial charge in [0.25, 0.3) is 0 Å². The lowest BCUT2D eigenvalue weighted by Gasteiger charge is -2.34. The summed E-state index contributed by atoms with van der Waals surface area (Å²) in [7, 11) is 0. The number of pyridine rings is 1. The number of carbonyl (C=O) groups is 1. The predicted octanol–water partition coefficient (Wildman–Crippen LogP) is 2.24. The van der Waals surface area contributed by atoms with Crippen LogP contribution in [0.2, 0.25) is 0 Å². The molecule has 0 radical (unpaired) electrons. The third kappa shape index (κ3) is 3.27. The Morgan fingerprint density at radius 3 is 2.71 bits per heavy atom. The number of aryl methyl sites for hydroxylation is 1. The standard InChI is InChI=1S/C21H24N6O/c1-15-13-20(23-7-8-25-9-11-26(12-10-25)16(2)28)27-19-6-4-3-5-18(19)24-21(27)17(15)14-22/h3-6,13,23H,7-12H2,1-2H3. The Bertz CT molecular complexity index is 1070. The number of aromatic nitrogens is 2. The molecule has 1 amide bonds. The van der Waals surface area contributed by atoms with Crippen molar-refractivity contribution in [2.45, 2.75) is 13.8 Å². The van der Waals surface area contributed by atoms with Gasteiger partial charge >= 0.3 is 0 Å². The van der Waals surface area contributed by atoms with Gasteiger partial charge in [0.1, 0.15) is 11.9 Å². The largest absolute Gasteiger partial charge is 0.370 e. The topological polar surface area (TPSA) is 76.7 Å². The number of benzene rings is 1. The van der Waals surface area contributed by atoms with Crippen LogP contribution < -0.4 is 5.32 Å². The zero-order chi connectivity index (χ0) is 19.7. The van der Waals surface area contributed by atoms with Crippen LogP contribution in [-0.4, -0.2) is 64.4 Å². The molecule has 1 aromatic carbocycles. The molecule has 4 rings (SSSR count). The number of fused-ring (bicyclic) bond motifs is 3. The number of amides is 1. The average Bonchev–Trinajstić information content (AvgIpc) is 3.08. The number of hydrogen-bond donors (Lipinski definition) is 1. The fraction of sp³-hybridized carbons (Fsp3) is 0.381. The lowest BCUT2D eigenvalue weighted by Crippen LogP contribution is -2.49. The highest BCUT2D eigenvalue weighted by Gasteiger charge is 2.19. The van der Waals surface area contributed by atoms with E-state index >= 15 is 0 Å². The number of rotatable bonds is 4. The van der Waals surface area contributed by atoms with E-state index in [1.807, 2.05) is 46.6 Å². The number of nitrogens with zero attached hydrogens (tertiary/aromatic N) is 5. The summed E-state index contributed by atoms with van der Waals surface area (Å²) in [5, 5.41) is 13.1. The molecule has 144 valence electrons. The molecular formula is C21H24N6O. The Balaban J connectivity index is 1.54. The van der Waals surface area contributed by atoms with Gasteiger partial charge in [0.15, 0.2) is 5.65 Å². The fourth-order valence-corrected chi connectivity index (χ4v) is 3.85. The van der Waals surface area contributed by atoms with Crippen molar-refractivity contribution in [3.05, 3.63) is 41.5 Å². The van der Waals surface area contributed by atoms with E-state index in [0.717, 1.165) is 61.7 Å². The molecule has 0 aliphatic carbocycles. The Hall–Kier alpha value is -3.11. The summed E-state index contributed by atoms with van der Waals surface area (Å²) >= 11 is 0. The van der Waals surface area contributed by atoms with Crippen molar-refractivity contribution < 1.29 is 4.79 Å². The highest BCUT2D eigenvalue weighted by molar-refractivity contribution is 5.85. The number of hydrogen-bond acceptors (Lipinski definition) is 5. The highest BCUT2D eigenvalue weighted by atomic mass is 16.2. The van der Waals surface area contributed by atoms with E-state index in [4.69, 9.17) is 0 Å². The van der Waals surface area contributed by atoms with Crippen molar-refractivity contribution in [3.8, 4) is 6.07 Å². The molecule has 2 aromatic heterocycles. The molecule has 1 aliphatic heterocycles. The van der Waals surface area contributed by atoms with E-state index in [0.29, 0.717) is 11.2 Å². The van der Waals surface area contributed by atoms with Crippen LogP contribution in [0.4, 0.5) is 5.82 Å². The van der Waals surface area contributed by atoms with Crippen molar-refractivity contribution in [2.24, 2.45) is 0 Å². The van der Waals surface area contributed by atoms with Crippen molar-refractivity contribution >= 4 is 28.4 Å². The lowest BCUT2D eigenvalue weighted by molar-refractivity contribution is -0.130. The van der Waals surface area contributed by atoms with Crippen LogP contribution in [0.15, 0.2) is 30.3 Å². The van der Waals surface area contributed by atoms with E-state index in [-0.39, 0.29) is 5.91 Å². The summed E-state index contributed by atoms with van der Waals surface area (Å²) < 4.78 is 2.04. The van der Waals surface area contributed by atoms with E-state index in [1.165, 1.54) is 0 Å². The molecule has 1 N–H and O–H groups in total. The number of anilines is 1. The van der Waals surface area contributed by atoms with Gasteiger partial charge in [-0.05, 0) is 30.7 Å². The van der Waals surface area contributed by atoms with Crippen LogP contribution in [-0.2, 0) is 4.79 Å². The number of piperazine rings is 1. The number of para-hydroxylation sites is 2. The van der Waals surface area contributed by atoms with Crippen LogP contribution in [0.1, 0.15) is 18.1 Å². The third-order valence-corrected chi connectivity index (χ3v) is 5.44. The number of carbonyl (C=O) groups excluding carboxylic acids is 1. The smallest absolute Gasteiger partial charge is 0.219 e. The summed E-state index contributed by atoms with van der Waals surface area (Å²) in [5.74, 6) is 1.10. The average molecular weight is 376 g/mol. The van der Waals surface area contributed by atoms with Gasteiger partial charge < -0.3 is 10.2 Å². The molecule has 7 heteroatoms. The molecule has 7 nitrogen and oxygen atoms in total. The first kappa shape index (κ1) is 18.3. The Labute approximate surface area is 164 Å². The van der Waals surface area contributed by atoms with Gasteiger partial charge in [-0.3, -0.25) is 14.1 Å². The van der Waals surface area contributed by atoms with Gasteiger partial charge in [-0.2, -0.15) is 5.26 Å². The fourth-order valence-electron chi connectivity index (χ4n) is 3.85. The van der Waals surface area contributed by atoms with Crippen molar-refractivity contribution in [1.29, 1.82) is 5.26 Å². The normalized spacial score (nSPS) is 15.1. The molecule has 1 fully saturated rings. The molecule has 0 spiro atoms. The van der Waals surface area contributed by atoms with Crippen LogP contribution in [0, 0.1) is 18.3 Å². The lowest BCUT2D eigenvalue weighted by atomic mass is 10.1. The molecule has 28 heavy (non-hydrogen) atoms. The van der Waals surface area contributed by atoms with Gasteiger partial charge in [-0.1, -0.05) is 12.1 Å². The minimum Gasteiger partial charge on any atom is -0.370 e. The van der Waals surface area contributed by atoms with Crippen molar-refractivity contribution in [1.82, 2.24) is 19.2 Å². The molecule has 0 saturated carbocycles. The first-order valence-corrected chi connectivity index (χ1v) is 9.61. The zero-order valence-corrected chi connectivity index (χ0v) is 16.3. The molecule has 3 aromatic rings. The first-order valence-electron chi connectivity index (χ1n) is 9.61. The summed E-state index contributed by atoms with van der Waals surface area (Å²) in [6.07, 6.45) is 0. The molecule has 0 unspecified atom stereocenters. The molecule has 0 atom stereocenters. The monoisotopic (exact) mass is 376 g/mol. The molecule has 0 bridgehead atoms. The Morgan fingerprint density at radius 2 is 2.00 bits per heavy atom. The Kier molecular flexibility index (Phi) is 4.88. The first-order chi connectivity index (χ1) is 13.6. The third-order valence-electron chi connectivity index (χ3n) is 5.44. The summed E-state index contributed by atoms with van der Waals surface area (Å²) in [4.78, 5) is 20.4. The maximum Gasteiger partial charge on any atom is 0.219 e. The minimum atomic E-state index is 0.153. The van der Waals surface area contributed by atoms with Gasteiger partial charge in [0, 0.05) is 46.2 Å². The van der Waals surface area contributed by atoms with Gasteiger partial charge in [0.05, 0.1) is 16.6 Å². The molecular weight excluding hydrogens is 352 g/mol. The van der Waals surface area contributed by atoms with Crippen molar-refractivity contribution in [3.63, 3.8) is 0 Å². The van der Waals surface area contributed by atoms with E-state index in [9.17, 15) is 10.1 Å². The van der Waals surface area contributed by atoms with E-state index in [2.05, 4.69) is 21.3 Å². The second-order valence-corrected chi connectivity index (χ2v) is 7.23. The van der Waals surface area contributed by atoms with Crippen LogP contribution in [0.3, 0.4) is 0 Å². The predicted molar refractivity (Wildman–Crippen MR) is 109 cm³/mol. The van der Waals surface area contributed by atoms with Gasteiger partial charge in [-0.15, -0.1) is 0 Å². The maximum atomic E-state index is 11.5. The summed E-state index contributed by atoms with van der Waals surface area (Å²) in [6.45, 7) is 8.65. The second kappa shape index (κ2) is 7.49. The Morgan fingerprint density at radius 1 is 1.25 bits per heavy atom. The van der Waals surface area contributed by atoms with Crippen LogP contribution in [0.5, 0.6) is 0 Å². The summed E-state index contributed by atoms with van der Waals surface area (Å²) in [6, 6.07) is 12.3. The van der Waals surface area contributed by atoms with Crippen LogP contribution in [0.25, 0.3) is 16.7 Å². The highest BCUT2D eigenvalue weighted by Crippen LogP contribution is 2.26. The SMILES string of the molecule is CC(=O)N1CCN(CCNc2cc(C)c(C#N)c3nc4ccccc4n23)CC1. The quantitative estimate of drug-likeness (QED) is 0.756. The molecule has 1 aliphatic rings. The van der Waals surface area contributed by atoms with Gasteiger partial charge in [-0.25, -0.2) is 4.98 Å². The number of nitrogens with one attached hydrogen (secondary N) is 1. The maximum absolute atomic E-state index is 11.5. The number of imidazole rings is 1. The minimum absolute atomic E-state index is 0.153. The van der Waals surface area contributed by atoms with Gasteiger partial charge in [0.2, 0.25) is 5.91 Å². The summed E-state index contributed by atoms with van der Waals surface area (Å²) in [5.41, 5.74) is 4.10. The molecule has 3 heterocycles. The van der Waals surface area contributed by atoms with E-state index < -0.39 is 0 Å². The molecule has 1 saturated heterocycles. The number of nitriles is 1. The van der Waals surface area contributed by atoms with Crippen LogP contribution >= 0.6 is 0 Å².